The lowest BCUT2D eigenvalue weighted by atomic mass is 9.91. The SMILES string of the molecule is COc1ccc(/C=C/C(=O)OCCOCCCC(C)(C)C)cc1OC. The molecule has 0 amide bonds. The molecule has 140 valence electrons. The first kappa shape index (κ1) is 21.0. The molecular formula is C20H30O5. The number of benzene rings is 1. The quantitative estimate of drug-likeness (QED) is 0.361. The molecule has 0 aromatic heterocycles. The number of carbonyl (C=O) groups is 1. The molecule has 5 heteroatoms. The van der Waals surface area contributed by atoms with Gasteiger partial charge in [0.05, 0.1) is 20.8 Å². The number of rotatable bonds is 10. The van der Waals surface area contributed by atoms with Crippen molar-refractivity contribution in [2.45, 2.75) is 33.6 Å². The third-order valence-corrected chi connectivity index (χ3v) is 3.51. The molecule has 0 spiro atoms. The van der Waals surface area contributed by atoms with Crippen molar-refractivity contribution in [2.75, 3.05) is 34.0 Å². The Morgan fingerprint density at radius 2 is 1.76 bits per heavy atom. The lowest BCUT2D eigenvalue weighted by Gasteiger charge is -2.17. The Hall–Kier alpha value is -2.01. The summed E-state index contributed by atoms with van der Waals surface area (Å²) in [7, 11) is 3.15. The van der Waals surface area contributed by atoms with E-state index < -0.39 is 5.97 Å². The minimum absolute atomic E-state index is 0.255. The van der Waals surface area contributed by atoms with Gasteiger partial charge in [-0.15, -0.1) is 0 Å². The van der Waals surface area contributed by atoms with Crippen LogP contribution in [0.4, 0.5) is 0 Å². The van der Waals surface area contributed by atoms with Crippen LogP contribution in [-0.2, 0) is 14.3 Å². The molecule has 0 bridgehead atoms. The first-order valence-electron chi connectivity index (χ1n) is 8.50. The lowest BCUT2D eigenvalue weighted by Crippen LogP contribution is -2.11. The fourth-order valence-corrected chi connectivity index (χ4v) is 2.18. The van der Waals surface area contributed by atoms with E-state index in [4.69, 9.17) is 18.9 Å². The van der Waals surface area contributed by atoms with Crippen molar-refractivity contribution < 1.29 is 23.7 Å². The van der Waals surface area contributed by atoms with Gasteiger partial charge in [0.15, 0.2) is 11.5 Å². The molecule has 0 saturated carbocycles. The Kier molecular flexibility index (Phi) is 9.06. The van der Waals surface area contributed by atoms with E-state index in [1.165, 1.54) is 6.08 Å². The Bertz CT molecular complexity index is 558. The molecule has 1 rings (SSSR count). The third kappa shape index (κ3) is 9.15. The van der Waals surface area contributed by atoms with Crippen molar-refractivity contribution in [1.82, 2.24) is 0 Å². The molecule has 25 heavy (non-hydrogen) atoms. The molecule has 0 aliphatic carbocycles. The highest BCUT2D eigenvalue weighted by atomic mass is 16.6. The van der Waals surface area contributed by atoms with E-state index in [0.29, 0.717) is 30.1 Å². The standard InChI is InChI=1S/C20H30O5/c1-20(2,3)11-6-12-24-13-14-25-19(21)10-8-16-7-9-17(22-4)18(15-16)23-5/h7-10,15H,6,11-14H2,1-5H3/b10-8+. The summed E-state index contributed by atoms with van der Waals surface area (Å²) in [5, 5.41) is 0. The molecule has 1 aromatic carbocycles. The van der Waals surface area contributed by atoms with Gasteiger partial charge < -0.3 is 18.9 Å². The second kappa shape index (κ2) is 10.8. The molecule has 0 atom stereocenters. The highest BCUT2D eigenvalue weighted by Crippen LogP contribution is 2.27. The van der Waals surface area contributed by atoms with Gasteiger partial charge in [0.25, 0.3) is 0 Å². The number of carbonyl (C=O) groups excluding carboxylic acids is 1. The Balaban J connectivity index is 2.27. The van der Waals surface area contributed by atoms with Gasteiger partial charge in [-0.1, -0.05) is 26.8 Å². The van der Waals surface area contributed by atoms with E-state index in [1.54, 1.807) is 32.4 Å². The highest BCUT2D eigenvalue weighted by molar-refractivity contribution is 5.87. The summed E-state index contributed by atoms with van der Waals surface area (Å²) < 4.78 is 21.0. The Labute approximate surface area is 150 Å². The van der Waals surface area contributed by atoms with Crippen LogP contribution in [0.25, 0.3) is 6.08 Å². The maximum atomic E-state index is 11.7. The number of hydrogen-bond donors (Lipinski definition) is 0. The van der Waals surface area contributed by atoms with E-state index in [-0.39, 0.29) is 6.61 Å². The molecule has 0 N–H and O–H groups in total. The summed E-state index contributed by atoms with van der Waals surface area (Å²) in [5.74, 6) is 0.862. The van der Waals surface area contributed by atoms with Gasteiger partial charge in [-0.25, -0.2) is 4.79 Å². The maximum Gasteiger partial charge on any atom is 0.330 e. The zero-order valence-electron chi connectivity index (χ0n) is 16.0. The molecule has 0 aliphatic rings. The molecule has 0 saturated heterocycles. The maximum absolute atomic E-state index is 11.7. The number of hydrogen-bond acceptors (Lipinski definition) is 5. The summed E-state index contributed by atoms with van der Waals surface area (Å²) in [6.45, 7) is 7.99. The van der Waals surface area contributed by atoms with Crippen LogP contribution in [0.3, 0.4) is 0 Å². The van der Waals surface area contributed by atoms with Crippen LogP contribution < -0.4 is 9.47 Å². The smallest absolute Gasteiger partial charge is 0.330 e. The van der Waals surface area contributed by atoms with Gasteiger partial charge in [-0.05, 0) is 42.0 Å². The van der Waals surface area contributed by atoms with Gasteiger partial charge in [-0.3, -0.25) is 0 Å². The first-order chi connectivity index (χ1) is 11.9. The number of ether oxygens (including phenoxy) is 4. The van der Waals surface area contributed by atoms with Crippen LogP contribution in [0.1, 0.15) is 39.2 Å². The molecule has 0 heterocycles. The minimum Gasteiger partial charge on any atom is -0.493 e. The minimum atomic E-state index is -0.395. The highest BCUT2D eigenvalue weighted by Gasteiger charge is 2.09. The lowest BCUT2D eigenvalue weighted by molar-refractivity contribution is -0.139. The number of methoxy groups -OCH3 is 2. The van der Waals surface area contributed by atoms with Crippen LogP contribution in [0.2, 0.25) is 0 Å². The molecule has 0 radical (unpaired) electrons. The second-order valence-corrected chi connectivity index (χ2v) is 6.89. The van der Waals surface area contributed by atoms with Crippen molar-refractivity contribution in [3.63, 3.8) is 0 Å². The average molecular weight is 350 g/mol. The molecule has 0 unspecified atom stereocenters. The van der Waals surface area contributed by atoms with Gasteiger partial charge in [0.1, 0.15) is 6.61 Å². The third-order valence-electron chi connectivity index (χ3n) is 3.51. The first-order valence-corrected chi connectivity index (χ1v) is 8.50. The normalized spacial score (nSPS) is 11.6. The fourth-order valence-electron chi connectivity index (χ4n) is 2.18. The summed E-state index contributed by atoms with van der Waals surface area (Å²) in [6.07, 6.45) is 5.19. The summed E-state index contributed by atoms with van der Waals surface area (Å²) >= 11 is 0. The van der Waals surface area contributed by atoms with Crippen molar-refractivity contribution in [3.05, 3.63) is 29.8 Å². The monoisotopic (exact) mass is 350 g/mol. The van der Waals surface area contributed by atoms with Gasteiger partial charge in [-0.2, -0.15) is 0 Å². The average Bonchev–Trinajstić information content (AvgIpc) is 2.57. The van der Waals surface area contributed by atoms with Crippen molar-refractivity contribution in [3.8, 4) is 11.5 Å². The van der Waals surface area contributed by atoms with Crippen LogP contribution in [0.5, 0.6) is 11.5 Å². The second-order valence-electron chi connectivity index (χ2n) is 6.89. The zero-order valence-corrected chi connectivity index (χ0v) is 16.0. The van der Waals surface area contributed by atoms with Gasteiger partial charge in [0.2, 0.25) is 0 Å². The number of esters is 1. The van der Waals surface area contributed by atoms with Crippen LogP contribution in [-0.4, -0.2) is 40.0 Å². The summed E-state index contributed by atoms with van der Waals surface area (Å²) in [6, 6.07) is 5.42. The van der Waals surface area contributed by atoms with Crippen molar-refractivity contribution >= 4 is 12.0 Å². The summed E-state index contributed by atoms with van der Waals surface area (Å²) in [5.41, 5.74) is 1.15. The van der Waals surface area contributed by atoms with E-state index in [2.05, 4.69) is 20.8 Å². The summed E-state index contributed by atoms with van der Waals surface area (Å²) in [4.78, 5) is 11.7. The molecule has 0 aliphatic heterocycles. The zero-order chi connectivity index (χ0) is 18.7. The molecule has 1 aromatic rings. The van der Waals surface area contributed by atoms with Crippen LogP contribution in [0, 0.1) is 5.41 Å². The molecular weight excluding hydrogens is 320 g/mol. The molecule has 5 nitrogen and oxygen atoms in total. The fraction of sp³-hybridized carbons (Fsp3) is 0.550. The van der Waals surface area contributed by atoms with Gasteiger partial charge >= 0.3 is 5.97 Å². The predicted molar refractivity (Wildman–Crippen MR) is 99.0 cm³/mol. The van der Waals surface area contributed by atoms with Gasteiger partial charge in [0, 0.05) is 12.7 Å². The molecule has 0 fully saturated rings. The van der Waals surface area contributed by atoms with Crippen LogP contribution >= 0.6 is 0 Å². The van der Waals surface area contributed by atoms with Crippen LogP contribution in [0.15, 0.2) is 24.3 Å². The van der Waals surface area contributed by atoms with E-state index in [9.17, 15) is 4.79 Å². The van der Waals surface area contributed by atoms with E-state index in [0.717, 1.165) is 18.4 Å². The van der Waals surface area contributed by atoms with E-state index in [1.807, 2.05) is 6.07 Å². The topological polar surface area (TPSA) is 54.0 Å². The van der Waals surface area contributed by atoms with Crippen molar-refractivity contribution in [1.29, 1.82) is 0 Å². The Morgan fingerprint density at radius 3 is 2.40 bits per heavy atom. The predicted octanol–water partition coefficient (Wildman–Crippen LogP) is 4.10. The Morgan fingerprint density at radius 1 is 1.04 bits per heavy atom. The van der Waals surface area contributed by atoms with E-state index >= 15 is 0 Å². The van der Waals surface area contributed by atoms with Crippen molar-refractivity contribution in [2.24, 2.45) is 5.41 Å². The largest absolute Gasteiger partial charge is 0.493 e.